The van der Waals surface area contributed by atoms with Crippen molar-refractivity contribution >= 4 is 5.91 Å². The molecule has 21 heavy (non-hydrogen) atoms. The van der Waals surface area contributed by atoms with E-state index in [0.29, 0.717) is 12.5 Å². The maximum absolute atomic E-state index is 12.3. The maximum atomic E-state index is 12.3. The maximum Gasteiger partial charge on any atom is 0.224 e. The number of benzene rings is 1. The van der Waals surface area contributed by atoms with Crippen molar-refractivity contribution in [2.75, 3.05) is 0 Å². The average Bonchev–Trinajstić information content (AvgIpc) is 2.43. The van der Waals surface area contributed by atoms with Crippen LogP contribution in [0.3, 0.4) is 0 Å². The van der Waals surface area contributed by atoms with E-state index in [1.54, 1.807) is 0 Å². The molecule has 0 bridgehead atoms. The van der Waals surface area contributed by atoms with Crippen LogP contribution in [0.5, 0.6) is 0 Å². The van der Waals surface area contributed by atoms with Crippen LogP contribution in [0, 0.1) is 25.7 Å². The summed E-state index contributed by atoms with van der Waals surface area (Å²) >= 11 is 0. The van der Waals surface area contributed by atoms with Crippen molar-refractivity contribution in [1.82, 2.24) is 5.32 Å². The summed E-state index contributed by atoms with van der Waals surface area (Å²) in [6.45, 7) is 8.79. The van der Waals surface area contributed by atoms with Gasteiger partial charge in [-0.05, 0) is 68.1 Å². The van der Waals surface area contributed by atoms with Crippen molar-refractivity contribution in [2.24, 2.45) is 11.8 Å². The Labute approximate surface area is 129 Å². The van der Waals surface area contributed by atoms with Crippen LogP contribution in [-0.4, -0.2) is 11.9 Å². The van der Waals surface area contributed by atoms with Crippen molar-refractivity contribution in [1.29, 1.82) is 0 Å². The molecule has 1 saturated carbocycles. The third-order valence-corrected chi connectivity index (χ3v) is 5.06. The number of hydrogen-bond acceptors (Lipinski definition) is 1. The zero-order valence-corrected chi connectivity index (χ0v) is 13.9. The van der Waals surface area contributed by atoms with E-state index in [1.807, 2.05) is 0 Å². The van der Waals surface area contributed by atoms with Crippen LogP contribution in [0.4, 0.5) is 0 Å². The van der Waals surface area contributed by atoms with Crippen LogP contribution in [-0.2, 0) is 11.2 Å². The predicted molar refractivity (Wildman–Crippen MR) is 88.3 cm³/mol. The van der Waals surface area contributed by atoms with Gasteiger partial charge in [0.2, 0.25) is 5.91 Å². The predicted octanol–water partition coefficient (Wildman–Crippen LogP) is 4.18. The Balaban J connectivity index is 1.86. The minimum absolute atomic E-state index is 0.181. The lowest BCUT2D eigenvalue weighted by Crippen LogP contribution is -2.39. The summed E-state index contributed by atoms with van der Waals surface area (Å²) in [5.41, 5.74) is 3.62. The Morgan fingerprint density at radius 1 is 1.14 bits per heavy atom. The van der Waals surface area contributed by atoms with E-state index in [-0.39, 0.29) is 5.91 Å². The molecule has 1 aromatic rings. The third kappa shape index (κ3) is 4.33. The fraction of sp³-hybridized carbons (Fsp3) is 0.632. The van der Waals surface area contributed by atoms with E-state index in [1.165, 1.54) is 29.5 Å². The molecule has 0 unspecified atom stereocenters. The molecule has 1 fully saturated rings. The van der Waals surface area contributed by atoms with Crippen molar-refractivity contribution in [3.8, 4) is 0 Å². The molecule has 1 N–H and O–H groups in total. The fourth-order valence-electron chi connectivity index (χ4n) is 3.50. The third-order valence-electron chi connectivity index (χ3n) is 5.06. The summed E-state index contributed by atoms with van der Waals surface area (Å²) in [5, 5.41) is 3.24. The second kappa shape index (κ2) is 7.11. The lowest BCUT2D eigenvalue weighted by Gasteiger charge is -2.31. The molecule has 0 radical (unpaired) electrons. The zero-order valence-electron chi connectivity index (χ0n) is 13.9. The molecule has 2 heteroatoms. The molecule has 0 aromatic heterocycles. The molecular weight excluding hydrogens is 258 g/mol. The molecule has 2 rings (SSSR count). The largest absolute Gasteiger partial charge is 0.353 e. The number of amides is 1. The lowest BCUT2D eigenvalue weighted by molar-refractivity contribution is -0.121. The molecule has 1 aromatic carbocycles. The molecule has 1 aliphatic rings. The SMILES string of the molecule is Cc1cccc(C)c1CC(=O)NC1CCC(C(C)C)CC1. The summed E-state index contributed by atoms with van der Waals surface area (Å²) in [6.07, 6.45) is 5.31. The Morgan fingerprint density at radius 2 is 1.71 bits per heavy atom. The van der Waals surface area contributed by atoms with E-state index in [9.17, 15) is 4.79 Å². The van der Waals surface area contributed by atoms with E-state index in [4.69, 9.17) is 0 Å². The van der Waals surface area contributed by atoms with Gasteiger partial charge in [-0.3, -0.25) is 4.79 Å². The van der Waals surface area contributed by atoms with Crippen LogP contribution in [0.2, 0.25) is 0 Å². The monoisotopic (exact) mass is 287 g/mol. The van der Waals surface area contributed by atoms with Gasteiger partial charge in [0, 0.05) is 6.04 Å². The van der Waals surface area contributed by atoms with Crippen molar-refractivity contribution < 1.29 is 4.79 Å². The molecule has 0 atom stereocenters. The van der Waals surface area contributed by atoms with Gasteiger partial charge < -0.3 is 5.32 Å². The first-order valence-corrected chi connectivity index (χ1v) is 8.31. The normalized spacial score (nSPS) is 22.3. The Morgan fingerprint density at radius 3 is 2.24 bits per heavy atom. The topological polar surface area (TPSA) is 29.1 Å². The fourth-order valence-corrected chi connectivity index (χ4v) is 3.50. The van der Waals surface area contributed by atoms with Gasteiger partial charge in [-0.1, -0.05) is 32.0 Å². The number of hydrogen-bond donors (Lipinski definition) is 1. The quantitative estimate of drug-likeness (QED) is 0.884. The molecule has 1 aliphatic carbocycles. The summed E-state index contributed by atoms with van der Waals surface area (Å²) in [5.74, 6) is 1.80. The van der Waals surface area contributed by atoms with Gasteiger partial charge in [0.15, 0.2) is 0 Å². The Hall–Kier alpha value is -1.31. The van der Waals surface area contributed by atoms with Crippen LogP contribution in [0.1, 0.15) is 56.2 Å². The standard InChI is InChI=1S/C19H29NO/c1-13(2)16-8-10-17(11-9-16)20-19(21)12-18-14(3)6-5-7-15(18)4/h5-7,13,16-17H,8-12H2,1-4H3,(H,20,21). The summed E-state index contributed by atoms with van der Waals surface area (Å²) in [7, 11) is 0. The van der Waals surface area contributed by atoms with Crippen LogP contribution < -0.4 is 5.32 Å². The lowest BCUT2D eigenvalue weighted by atomic mass is 9.79. The molecule has 1 amide bonds. The molecular formula is C19H29NO. The van der Waals surface area contributed by atoms with Gasteiger partial charge >= 0.3 is 0 Å². The Kier molecular flexibility index (Phi) is 5.44. The molecule has 116 valence electrons. The van der Waals surface area contributed by atoms with Crippen LogP contribution in [0.15, 0.2) is 18.2 Å². The zero-order chi connectivity index (χ0) is 15.4. The molecule has 0 aliphatic heterocycles. The number of carbonyl (C=O) groups excluding carboxylic acids is 1. The van der Waals surface area contributed by atoms with Gasteiger partial charge in [0.05, 0.1) is 6.42 Å². The number of rotatable bonds is 4. The van der Waals surface area contributed by atoms with Gasteiger partial charge in [0.25, 0.3) is 0 Å². The second-order valence-corrected chi connectivity index (χ2v) is 6.97. The highest BCUT2D eigenvalue weighted by Gasteiger charge is 2.24. The van der Waals surface area contributed by atoms with E-state index in [0.717, 1.165) is 24.7 Å². The first-order valence-electron chi connectivity index (χ1n) is 8.31. The molecule has 2 nitrogen and oxygen atoms in total. The van der Waals surface area contributed by atoms with Gasteiger partial charge in [0.1, 0.15) is 0 Å². The van der Waals surface area contributed by atoms with Crippen LogP contribution >= 0.6 is 0 Å². The number of nitrogens with one attached hydrogen (secondary N) is 1. The van der Waals surface area contributed by atoms with Gasteiger partial charge in [-0.15, -0.1) is 0 Å². The molecule has 0 saturated heterocycles. The highest BCUT2D eigenvalue weighted by atomic mass is 16.1. The van der Waals surface area contributed by atoms with Crippen LogP contribution in [0.25, 0.3) is 0 Å². The van der Waals surface area contributed by atoms with E-state index >= 15 is 0 Å². The smallest absolute Gasteiger partial charge is 0.224 e. The van der Waals surface area contributed by atoms with Gasteiger partial charge in [-0.25, -0.2) is 0 Å². The summed E-state index contributed by atoms with van der Waals surface area (Å²) in [6, 6.07) is 6.61. The number of carbonyl (C=O) groups is 1. The highest BCUT2D eigenvalue weighted by Crippen LogP contribution is 2.29. The minimum Gasteiger partial charge on any atom is -0.353 e. The Bertz CT molecular complexity index is 464. The average molecular weight is 287 g/mol. The number of aryl methyl sites for hydroxylation is 2. The molecule has 0 spiro atoms. The van der Waals surface area contributed by atoms with Gasteiger partial charge in [-0.2, -0.15) is 0 Å². The van der Waals surface area contributed by atoms with E-state index < -0.39 is 0 Å². The molecule has 0 heterocycles. The van der Waals surface area contributed by atoms with Crippen molar-refractivity contribution in [2.45, 2.75) is 65.8 Å². The van der Waals surface area contributed by atoms with Crippen molar-refractivity contribution in [3.63, 3.8) is 0 Å². The highest BCUT2D eigenvalue weighted by molar-refractivity contribution is 5.79. The second-order valence-electron chi connectivity index (χ2n) is 6.97. The summed E-state index contributed by atoms with van der Waals surface area (Å²) in [4.78, 5) is 12.3. The van der Waals surface area contributed by atoms with E-state index in [2.05, 4.69) is 51.2 Å². The first-order chi connectivity index (χ1) is 9.97. The summed E-state index contributed by atoms with van der Waals surface area (Å²) < 4.78 is 0. The van der Waals surface area contributed by atoms with Crippen molar-refractivity contribution in [3.05, 3.63) is 34.9 Å². The first kappa shape index (κ1) is 16.1. The minimum atomic E-state index is 0.181.